The van der Waals surface area contributed by atoms with Gasteiger partial charge in [-0.05, 0) is 17.2 Å². The fourth-order valence-corrected chi connectivity index (χ4v) is 2.25. The highest BCUT2D eigenvalue weighted by atomic mass is 35.5. The van der Waals surface area contributed by atoms with Gasteiger partial charge in [-0.15, -0.1) is 0 Å². The largest absolute Gasteiger partial charge is 0.486 e. The topological polar surface area (TPSA) is 38.2 Å². The molecule has 1 aromatic carbocycles. The van der Waals surface area contributed by atoms with Crippen LogP contribution in [0.25, 0.3) is 0 Å². The van der Waals surface area contributed by atoms with E-state index in [2.05, 4.69) is 27.0 Å². The quantitative estimate of drug-likeness (QED) is 0.740. The summed E-state index contributed by atoms with van der Waals surface area (Å²) in [6, 6.07) is 10.3. The van der Waals surface area contributed by atoms with Crippen LogP contribution in [0.1, 0.15) is 11.6 Å². The SMILES string of the molecule is CN1c2nc(Cl)ncc2OC[C@H]1c1ccccc1. The lowest BCUT2D eigenvalue weighted by molar-refractivity contribution is 0.265. The van der Waals surface area contributed by atoms with Gasteiger partial charge in [-0.25, -0.2) is 4.98 Å². The fourth-order valence-electron chi connectivity index (χ4n) is 2.12. The third-order valence-corrected chi connectivity index (χ3v) is 3.27. The van der Waals surface area contributed by atoms with Crippen LogP contribution in [0.3, 0.4) is 0 Å². The van der Waals surface area contributed by atoms with E-state index >= 15 is 0 Å². The molecule has 5 heteroatoms. The van der Waals surface area contributed by atoms with Crippen LogP contribution in [0, 0.1) is 0 Å². The van der Waals surface area contributed by atoms with Gasteiger partial charge < -0.3 is 9.64 Å². The average Bonchev–Trinajstić information content (AvgIpc) is 2.41. The Labute approximate surface area is 110 Å². The number of fused-ring (bicyclic) bond motifs is 1. The van der Waals surface area contributed by atoms with Crippen molar-refractivity contribution in [2.24, 2.45) is 0 Å². The molecule has 2 aromatic rings. The van der Waals surface area contributed by atoms with Crippen LogP contribution >= 0.6 is 11.6 Å². The van der Waals surface area contributed by atoms with Crippen molar-refractivity contribution in [1.82, 2.24) is 9.97 Å². The van der Waals surface area contributed by atoms with Crippen LogP contribution in [0.15, 0.2) is 36.5 Å². The Morgan fingerprint density at radius 3 is 2.89 bits per heavy atom. The molecule has 0 saturated carbocycles. The van der Waals surface area contributed by atoms with E-state index in [-0.39, 0.29) is 11.3 Å². The molecule has 0 aliphatic carbocycles. The Kier molecular flexibility index (Phi) is 2.80. The van der Waals surface area contributed by atoms with E-state index in [0.717, 1.165) is 5.82 Å². The monoisotopic (exact) mass is 261 g/mol. The summed E-state index contributed by atoms with van der Waals surface area (Å²) in [4.78, 5) is 10.2. The molecule has 0 N–H and O–H groups in total. The van der Waals surface area contributed by atoms with Crippen LogP contribution in [-0.4, -0.2) is 23.6 Å². The summed E-state index contributed by atoms with van der Waals surface area (Å²) in [5.74, 6) is 1.41. The molecule has 0 bridgehead atoms. The zero-order valence-corrected chi connectivity index (χ0v) is 10.6. The summed E-state index contributed by atoms with van der Waals surface area (Å²) in [7, 11) is 1.99. The number of hydrogen-bond donors (Lipinski definition) is 0. The van der Waals surface area contributed by atoms with Crippen molar-refractivity contribution in [3.8, 4) is 5.75 Å². The van der Waals surface area contributed by atoms with Crippen LogP contribution in [0.2, 0.25) is 5.28 Å². The predicted molar refractivity (Wildman–Crippen MR) is 70.1 cm³/mol. The molecule has 0 saturated heterocycles. The van der Waals surface area contributed by atoms with Crippen molar-refractivity contribution in [3.63, 3.8) is 0 Å². The fraction of sp³-hybridized carbons (Fsp3) is 0.231. The highest BCUT2D eigenvalue weighted by Crippen LogP contribution is 2.36. The normalized spacial score (nSPS) is 18.1. The van der Waals surface area contributed by atoms with Crippen molar-refractivity contribution in [2.45, 2.75) is 6.04 Å². The zero-order chi connectivity index (χ0) is 12.5. The molecule has 2 heterocycles. The average molecular weight is 262 g/mol. The van der Waals surface area contributed by atoms with Gasteiger partial charge in [0.2, 0.25) is 5.28 Å². The maximum absolute atomic E-state index is 5.83. The van der Waals surface area contributed by atoms with Gasteiger partial charge in [0.1, 0.15) is 6.61 Å². The van der Waals surface area contributed by atoms with Gasteiger partial charge in [-0.2, -0.15) is 4.98 Å². The summed E-state index contributed by atoms with van der Waals surface area (Å²) < 4.78 is 5.69. The maximum atomic E-state index is 5.83. The van der Waals surface area contributed by atoms with Crippen molar-refractivity contribution < 1.29 is 4.74 Å². The first-order valence-electron chi connectivity index (χ1n) is 5.69. The van der Waals surface area contributed by atoms with Gasteiger partial charge in [0.15, 0.2) is 11.6 Å². The van der Waals surface area contributed by atoms with E-state index in [1.807, 2.05) is 25.2 Å². The number of rotatable bonds is 1. The second-order valence-corrected chi connectivity index (χ2v) is 4.51. The smallest absolute Gasteiger partial charge is 0.224 e. The minimum absolute atomic E-state index is 0.143. The third-order valence-electron chi connectivity index (χ3n) is 3.09. The summed E-state index contributed by atoms with van der Waals surface area (Å²) in [6.07, 6.45) is 1.61. The van der Waals surface area contributed by atoms with Gasteiger partial charge in [0.05, 0.1) is 12.2 Å². The summed E-state index contributed by atoms with van der Waals surface area (Å²) >= 11 is 5.83. The highest BCUT2D eigenvalue weighted by Gasteiger charge is 2.27. The molecule has 0 radical (unpaired) electrons. The third kappa shape index (κ3) is 1.88. The number of ether oxygens (including phenoxy) is 1. The highest BCUT2D eigenvalue weighted by molar-refractivity contribution is 6.28. The Bertz CT molecular complexity index is 561. The van der Waals surface area contributed by atoms with Crippen molar-refractivity contribution in [1.29, 1.82) is 0 Å². The molecular weight excluding hydrogens is 250 g/mol. The summed E-state index contributed by atoms with van der Waals surface area (Å²) in [6.45, 7) is 0.582. The van der Waals surface area contributed by atoms with Crippen LogP contribution in [0.4, 0.5) is 5.82 Å². The lowest BCUT2D eigenvalue weighted by Gasteiger charge is -2.34. The predicted octanol–water partition coefficient (Wildman–Crippen LogP) is 2.70. The minimum Gasteiger partial charge on any atom is -0.486 e. The standard InChI is InChI=1S/C13H12ClN3O/c1-17-10(9-5-3-2-4-6-9)8-18-11-7-15-13(14)16-12(11)17/h2-7,10H,8H2,1H3/t10-/m0/s1. The number of benzene rings is 1. The number of likely N-dealkylation sites (N-methyl/N-ethyl adjacent to an activating group) is 1. The number of nitrogens with zero attached hydrogens (tertiary/aromatic N) is 3. The second-order valence-electron chi connectivity index (χ2n) is 4.18. The molecular formula is C13H12ClN3O. The molecule has 0 spiro atoms. The van der Waals surface area contributed by atoms with Gasteiger partial charge in [0.25, 0.3) is 0 Å². The molecule has 1 aliphatic heterocycles. The van der Waals surface area contributed by atoms with E-state index in [4.69, 9.17) is 16.3 Å². The second kappa shape index (κ2) is 4.46. The summed E-state index contributed by atoms with van der Waals surface area (Å²) in [5, 5.41) is 0.234. The Morgan fingerprint density at radius 2 is 2.11 bits per heavy atom. The van der Waals surface area contributed by atoms with Crippen LogP contribution in [-0.2, 0) is 0 Å². The van der Waals surface area contributed by atoms with E-state index in [1.54, 1.807) is 6.20 Å². The number of anilines is 1. The van der Waals surface area contributed by atoms with E-state index in [1.165, 1.54) is 5.56 Å². The van der Waals surface area contributed by atoms with Crippen LogP contribution in [0.5, 0.6) is 5.75 Å². The van der Waals surface area contributed by atoms with E-state index in [9.17, 15) is 0 Å². The van der Waals surface area contributed by atoms with Crippen molar-refractivity contribution in [2.75, 3.05) is 18.6 Å². The van der Waals surface area contributed by atoms with Gasteiger partial charge in [-0.1, -0.05) is 30.3 Å². The maximum Gasteiger partial charge on any atom is 0.224 e. The Hall–Kier alpha value is -1.81. The molecule has 0 unspecified atom stereocenters. The van der Waals surface area contributed by atoms with Crippen molar-refractivity contribution >= 4 is 17.4 Å². The lowest BCUT2D eigenvalue weighted by Crippen LogP contribution is -2.34. The molecule has 1 atom stereocenters. The molecule has 18 heavy (non-hydrogen) atoms. The molecule has 1 aromatic heterocycles. The van der Waals surface area contributed by atoms with Gasteiger partial charge >= 0.3 is 0 Å². The molecule has 3 rings (SSSR count). The summed E-state index contributed by atoms with van der Waals surface area (Å²) in [5.41, 5.74) is 1.19. The number of aromatic nitrogens is 2. The molecule has 0 amide bonds. The van der Waals surface area contributed by atoms with Gasteiger partial charge in [0, 0.05) is 7.05 Å². The van der Waals surface area contributed by atoms with Crippen LogP contribution < -0.4 is 9.64 Å². The van der Waals surface area contributed by atoms with E-state index in [0.29, 0.717) is 12.4 Å². The molecule has 4 nitrogen and oxygen atoms in total. The molecule has 1 aliphatic rings. The Balaban J connectivity index is 1.99. The first-order valence-corrected chi connectivity index (χ1v) is 6.06. The van der Waals surface area contributed by atoms with Gasteiger partial charge in [-0.3, -0.25) is 0 Å². The minimum atomic E-state index is 0.143. The molecule has 92 valence electrons. The lowest BCUT2D eigenvalue weighted by atomic mass is 10.1. The first-order chi connectivity index (χ1) is 8.75. The number of halogens is 1. The molecule has 0 fully saturated rings. The zero-order valence-electron chi connectivity index (χ0n) is 9.88. The first kappa shape index (κ1) is 11.3. The number of hydrogen-bond acceptors (Lipinski definition) is 4. The van der Waals surface area contributed by atoms with Crippen molar-refractivity contribution in [3.05, 3.63) is 47.4 Å². The Morgan fingerprint density at radius 1 is 1.33 bits per heavy atom. The van der Waals surface area contributed by atoms with E-state index < -0.39 is 0 Å².